The first-order valence-corrected chi connectivity index (χ1v) is 7.09. The van der Waals surface area contributed by atoms with Crippen LogP contribution in [-0.4, -0.2) is 16.5 Å². The fourth-order valence-electron chi connectivity index (χ4n) is 1.54. The molecule has 20 heavy (non-hydrogen) atoms. The fraction of sp³-hybridized carbons (Fsp3) is 0.286. The van der Waals surface area contributed by atoms with Crippen LogP contribution in [0.2, 0.25) is 10.0 Å². The van der Waals surface area contributed by atoms with Crippen LogP contribution in [0, 0.1) is 0 Å². The monoisotopic (exact) mass is 311 g/mol. The zero-order valence-electron chi connectivity index (χ0n) is 11.1. The third-order valence-electron chi connectivity index (χ3n) is 2.57. The molecular formula is C14H15Cl2N3O. The molecule has 0 saturated carbocycles. The Morgan fingerprint density at radius 1 is 1.20 bits per heavy atom. The van der Waals surface area contributed by atoms with Crippen molar-refractivity contribution in [3.05, 3.63) is 46.1 Å². The van der Waals surface area contributed by atoms with Crippen molar-refractivity contribution in [2.45, 2.75) is 20.0 Å². The van der Waals surface area contributed by atoms with Gasteiger partial charge >= 0.3 is 0 Å². The molecule has 2 rings (SSSR count). The van der Waals surface area contributed by atoms with E-state index < -0.39 is 0 Å². The van der Waals surface area contributed by atoms with Crippen LogP contribution >= 0.6 is 23.2 Å². The number of halogens is 2. The van der Waals surface area contributed by atoms with E-state index in [0.29, 0.717) is 28.5 Å². The second kappa shape index (κ2) is 7.31. The molecule has 0 amide bonds. The van der Waals surface area contributed by atoms with E-state index in [4.69, 9.17) is 27.9 Å². The maximum atomic E-state index is 6.07. The molecule has 106 valence electrons. The summed E-state index contributed by atoms with van der Waals surface area (Å²) in [6.07, 6.45) is 2.51. The normalized spacial score (nSPS) is 10.3. The van der Waals surface area contributed by atoms with E-state index in [2.05, 4.69) is 22.2 Å². The molecule has 0 bridgehead atoms. The summed E-state index contributed by atoms with van der Waals surface area (Å²) in [6.45, 7) is 3.17. The number of rotatable bonds is 6. The first-order valence-electron chi connectivity index (χ1n) is 6.33. The number of ether oxygens (including phenoxy) is 1. The number of nitrogens with zero attached hydrogens (tertiary/aromatic N) is 2. The van der Waals surface area contributed by atoms with Gasteiger partial charge in [0.05, 0.1) is 6.20 Å². The average Bonchev–Trinajstić information content (AvgIpc) is 2.46. The average molecular weight is 312 g/mol. The lowest BCUT2D eigenvalue weighted by Gasteiger charge is -2.10. The Balaban J connectivity index is 2.07. The maximum Gasteiger partial charge on any atom is 0.237 e. The molecule has 0 fully saturated rings. The van der Waals surface area contributed by atoms with Crippen molar-refractivity contribution in [1.82, 2.24) is 9.97 Å². The molecule has 0 aliphatic heterocycles. The van der Waals surface area contributed by atoms with E-state index in [1.54, 1.807) is 0 Å². The summed E-state index contributed by atoms with van der Waals surface area (Å²) in [5, 5.41) is 4.11. The van der Waals surface area contributed by atoms with Crippen LogP contribution < -0.4 is 10.1 Å². The summed E-state index contributed by atoms with van der Waals surface area (Å²) in [6, 6.07) is 7.49. The molecule has 0 saturated heterocycles. The SMILES string of the molecule is CCCNc1ncc(Cl)c(OCc2ccccc2Cl)n1. The van der Waals surface area contributed by atoms with Crippen LogP contribution in [0.25, 0.3) is 0 Å². The van der Waals surface area contributed by atoms with Crippen LogP contribution in [0.1, 0.15) is 18.9 Å². The molecule has 0 spiro atoms. The smallest absolute Gasteiger partial charge is 0.237 e. The number of benzene rings is 1. The van der Waals surface area contributed by atoms with Crippen LogP contribution in [0.15, 0.2) is 30.5 Å². The van der Waals surface area contributed by atoms with Crippen molar-refractivity contribution in [3.8, 4) is 5.88 Å². The van der Waals surface area contributed by atoms with Gasteiger partial charge in [-0.2, -0.15) is 4.98 Å². The number of hydrogen-bond donors (Lipinski definition) is 1. The van der Waals surface area contributed by atoms with Crippen molar-refractivity contribution in [2.75, 3.05) is 11.9 Å². The summed E-state index contributed by atoms with van der Waals surface area (Å²) in [5.41, 5.74) is 0.881. The largest absolute Gasteiger partial charge is 0.472 e. The molecule has 0 atom stereocenters. The van der Waals surface area contributed by atoms with Crippen LogP contribution in [0.5, 0.6) is 5.88 Å². The lowest BCUT2D eigenvalue weighted by molar-refractivity contribution is 0.294. The molecule has 4 nitrogen and oxygen atoms in total. The predicted octanol–water partition coefficient (Wildman–Crippen LogP) is 4.18. The van der Waals surface area contributed by atoms with E-state index in [0.717, 1.165) is 18.5 Å². The van der Waals surface area contributed by atoms with E-state index in [1.807, 2.05) is 24.3 Å². The second-order valence-electron chi connectivity index (χ2n) is 4.15. The molecule has 1 aromatic carbocycles. The first-order chi connectivity index (χ1) is 9.70. The zero-order chi connectivity index (χ0) is 14.4. The van der Waals surface area contributed by atoms with Crippen molar-refractivity contribution in [2.24, 2.45) is 0 Å². The van der Waals surface area contributed by atoms with Crippen molar-refractivity contribution in [3.63, 3.8) is 0 Å². The quantitative estimate of drug-likeness (QED) is 0.869. The molecule has 0 unspecified atom stereocenters. The Morgan fingerprint density at radius 2 is 2.00 bits per heavy atom. The van der Waals surface area contributed by atoms with Crippen LogP contribution in [0.3, 0.4) is 0 Å². The summed E-state index contributed by atoms with van der Waals surface area (Å²) >= 11 is 12.1. The lowest BCUT2D eigenvalue weighted by Crippen LogP contribution is -2.06. The Kier molecular flexibility index (Phi) is 5.44. The molecule has 0 aliphatic rings. The van der Waals surface area contributed by atoms with E-state index in [-0.39, 0.29) is 0 Å². The molecular weight excluding hydrogens is 297 g/mol. The van der Waals surface area contributed by atoms with Gasteiger partial charge in [0.1, 0.15) is 11.6 Å². The second-order valence-corrected chi connectivity index (χ2v) is 4.97. The maximum absolute atomic E-state index is 6.07. The molecule has 0 aliphatic carbocycles. The van der Waals surface area contributed by atoms with E-state index in [1.165, 1.54) is 6.20 Å². The van der Waals surface area contributed by atoms with Gasteiger partial charge in [-0.3, -0.25) is 0 Å². The number of hydrogen-bond acceptors (Lipinski definition) is 4. The Labute approximate surface area is 128 Å². The number of nitrogens with one attached hydrogen (secondary N) is 1. The summed E-state index contributed by atoms with van der Waals surface area (Å²) in [4.78, 5) is 8.32. The number of aromatic nitrogens is 2. The molecule has 0 radical (unpaired) electrons. The third kappa shape index (κ3) is 3.99. The fourth-order valence-corrected chi connectivity index (χ4v) is 1.87. The third-order valence-corrected chi connectivity index (χ3v) is 3.20. The molecule has 1 N–H and O–H groups in total. The minimum atomic E-state index is 0.309. The summed E-state index contributed by atoms with van der Waals surface area (Å²) in [7, 11) is 0. The predicted molar refractivity (Wildman–Crippen MR) is 81.6 cm³/mol. The van der Waals surface area contributed by atoms with Crippen LogP contribution in [0.4, 0.5) is 5.95 Å². The number of anilines is 1. The molecule has 6 heteroatoms. The molecule has 1 heterocycles. The van der Waals surface area contributed by atoms with Crippen molar-refractivity contribution >= 4 is 29.2 Å². The van der Waals surface area contributed by atoms with E-state index >= 15 is 0 Å². The minimum absolute atomic E-state index is 0.309. The van der Waals surface area contributed by atoms with Gasteiger partial charge in [0.25, 0.3) is 0 Å². The Hall–Kier alpha value is -1.52. The first kappa shape index (κ1) is 14.9. The summed E-state index contributed by atoms with van der Waals surface area (Å²) in [5.74, 6) is 0.852. The van der Waals surface area contributed by atoms with Gasteiger partial charge < -0.3 is 10.1 Å². The Morgan fingerprint density at radius 3 is 2.75 bits per heavy atom. The lowest BCUT2D eigenvalue weighted by atomic mass is 10.2. The standard InChI is InChI=1S/C14H15Cl2N3O/c1-2-7-17-14-18-8-12(16)13(19-14)20-9-10-5-3-4-6-11(10)15/h3-6,8H,2,7,9H2,1H3,(H,17,18,19). The molecule has 1 aromatic heterocycles. The van der Waals surface area contributed by atoms with Gasteiger partial charge in [-0.15, -0.1) is 0 Å². The van der Waals surface area contributed by atoms with Crippen LogP contribution in [-0.2, 0) is 6.61 Å². The minimum Gasteiger partial charge on any atom is -0.472 e. The van der Waals surface area contributed by atoms with Gasteiger partial charge in [-0.05, 0) is 12.5 Å². The van der Waals surface area contributed by atoms with Gasteiger partial charge in [0, 0.05) is 17.1 Å². The highest BCUT2D eigenvalue weighted by Crippen LogP contribution is 2.24. The van der Waals surface area contributed by atoms with E-state index in [9.17, 15) is 0 Å². The van der Waals surface area contributed by atoms with Crippen molar-refractivity contribution < 1.29 is 4.74 Å². The highest BCUT2D eigenvalue weighted by molar-refractivity contribution is 6.32. The van der Waals surface area contributed by atoms with Gasteiger partial charge in [0.15, 0.2) is 0 Å². The topological polar surface area (TPSA) is 47.0 Å². The highest BCUT2D eigenvalue weighted by Gasteiger charge is 2.08. The Bertz CT molecular complexity index is 578. The zero-order valence-corrected chi connectivity index (χ0v) is 12.6. The van der Waals surface area contributed by atoms with Gasteiger partial charge in [-0.1, -0.05) is 48.3 Å². The van der Waals surface area contributed by atoms with Gasteiger partial charge in [0.2, 0.25) is 11.8 Å². The van der Waals surface area contributed by atoms with Gasteiger partial charge in [-0.25, -0.2) is 4.98 Å². The summed E-state index contributed by atoms with van der Waals surface area (Å²) < 4.78 is 5.62. The van der Waals surface area contributed by atoms with Crippen molar-refractivity contribution in [1.29, 1.82) is 0 Å². The molecule has 2 aromatic rings. The highest BCUT2D eigenvalue weighted by atomic mass is 35.5.